The van der Waals surface area contributed by atoms with Crippen molar-refractivity contribution in [3.05, 3.63) is 66.4 Å². The van der Waals surface area contributed by atoms with Gasteiger partial charge < -0.3 is 19.4 Å². The minimum Gasteiger partial charge on any atom is -0.383 e. The van der Waals surface area contributed by atoms with E-state index in [1.54, 1.807) is 31.5 Å². The first-order valence-electron chi connectivity index (χ1n) is 9.31. The van der Waals surface area contributed by atoms with E-state index in [0.29, 0.717) is 42.1 Å². The van der Waals surface area contributed by atoms with Gasteiger partial charge >= 0.3 is 0 Å². The van der Waals surface area contributed by atoms with Crippen LogP contribution in [0.2, 0.25) is 0 Å². The van der Waals surface area contributed by atoms with Crippen LogP contribution >= 0.6 is 0 Å². The van der Waals surface area contributed by atoms with Gasteiger partial charge in [-0.1, -0.05) is 12.1 Å². The molecule has 29 heavy (non-hydrogen) atoms. The Kier molecular flexibility index (Phi) is 5.35. The van der Waals surface area contributed by atoms with Gasteiger partial charge in [0.25, 0.3) is 5.91 Å². The minimum absolute atomic E-state index is 0.0972. The average Bonchev–Trinajstić information content (AvgIpc) is 3.11. The second-order valence-corrected chi connectivity index (χ2v) is 6.69. The maximum absolute atomic E-state index is 13.3. The molecule has 0 unspecified atom stereocenters. The number of rotatable bonds is 7. The number of nitrogens with zero attached hydrogens (tertiary/aromatic N) is 5. The van der Waals surface area contributed by atoms with Crippen molar-refractivity contribution in [2.45, 2.75) is 6.54 Å². The predicted octanol–water partition coefficient (Wildman–Crippen LogP) is 2.61. The second kappa shape index (κ2) is 8.24. The summed E-state index contributed by atoms with van der Waals surface area (Å²) >= 11 is 0. The van der Waals surface area contributed by atoms with E-state index in [2.05, 4.69) is 20.3 Å². The number of carbonyl (C=O) groups excluding carboxylic acids is 1. The molecule has 0 saturated heterocycles. The summed E-state index contributed by atoms with van der Waals surface area (Å²) in [4.78, 5) is 28.0. The zero-order valence-corrected chi connectivity index (χ0v) is 16.4. The summed E-state index contributed by atoms with van der Waals surface area (Å²) in [6.45, 7) is 1.50. The van der Waals surface area contributed by atoms with Crippen LogP contribution in [0.4, 0.5) is 5.82 Å². The number of anilines is 1. The molecule has 148 valence electrons. The van der Waals surface area contributed by atoms with Gasteiger partial charge in [0.2, 0.25) is 0 Å². The van der Waals surface area contributed by atoms with E-state index in [4.69, 9.17) is 4.74 Å². The van der Waals surface area contributed by atoms with Gasteiger partial charge in [0, 0.05) is 45.8 Å². The Bertz CT molecular complexity index is 1140. The molecule has 0 atom stereocenters. The quantitative estimate of drug-likeness (QED) is 0.522. The van der Waals surface area contributed by atoms with Crippen LogP contribution in [0.3, 0.4) is 0 Å². The molecule has 0 aliphatic rings. The molecule has 0 spiro atoms. The summed E-state index contributed by atoms with van der Waals surface area (Å²) in [6, 6.07) is 9.62. The molecule has 4 rings (SSSR count). The maximum atomic E-state index is 13.3. The summed E-state index contributed by atoms with van der Waals surface area (Å²) < 4.78 is 7.04. The Balaban J connectivity index is 1.82. The highest BCUT2D eigenvalue weighted by molar-refractivity contribution is 6.16. The van der Waals surface area contributed by atoms with Gasteiger partial charge in [-0.3, -0.25) is 9.78 Å². The number of ether oxygens (including phenoxy) is 1. The molecule has 0 fully saturated rings. The highest BCUT2D eigenvalue weighted by Crippen LogP contribution is 2.31. The molecule has 8 nitrogen and oxygen atoms in total. The van der Waals surface area contributed by atoms with E-state index >= 15 is 0 Å². The number of carbonyl (C=O) groups is 1. The highest BCUT2D eigenvalue weighted by Gasteiger charge is 2.24. The number of aromatic nitrogens is 4. The van der Waals surface area contributed by atoms with E-state index in [0.717, 1.165) is 11.1 Å². The fraction of sp³-hybridized carbons (Fsp3) is 0.238. The van der Waals surface area contributed by atoms with Crippen LogP contribution in [0.15, 0.2) is 55.2 Å². The summed E-state index contributed by atoms with van der Waals surface area (Å²) in [5.74, 6) is 0.519. The molecule has 0 saturated carbocycles. The van der Waals surface area contributed by atoms with Gasteiger partial charge in [0.1, 0.15) is 12.1 Å². The van der Waals surface area contributed by atoms with Gasteiger partial charge in [0.05, 0.1) is 23.1 Å². The van der Waals surface area contributed by atoms with Crippen LogP contribution in [0.5, 0.6) is 0 Å². The predicted molar refractivity (Wildman–Crippen MR) is 111 cm³/mol. The molecular weight excluding hydrogens is 368 g/mol. The van der Waals surface area contributed by atoms with Crippen molar-refractivity contribution >= 4 is 28.3 Å². The number of hydrogen-bond donors (Lipinski definition) is 1. The Morgan fingerprint density at radius 3 is 2.93 bits per heavy atom. The van der Waals surface area contributed by atoms with Crippen molar-refractivity contribution in [2.75, 3.05) is 32.6 Å². The first-order chi connectivity index (χ1) is 14.2. The largest absolute Gasteiger partial charge is 0.383 e. The molecule has 4 heterocycles. The third-order valence-corrected chi connectivity index (χ3v) is 4.80. The fourth-order valence-electron chi connectivity index (χ4n) is 3.31. The van der Waals surface area contributed by atoms with Crippen molar-refractivity contribution in [3.63, 3.8) is 0 Å². The first-order valence-corrected chi connectivity index (χ1v) is 9.31. The second-order valence-electron chi connectivity index (χ2n) is 6.69. The molecule has 0 aliphatic heterocycles. The molecule has 0 aromatic carbocycles. The summed E-state index contributed by atoms with van der Waals surface area (Å²) in [5.41, 5.74) is 3.08. The van der Waals surface area contributed by atoms with Gasteiger partial charge in [-0.25, -0.2) is 9.97 Å². The van der Waals surface area contributed by atoms with Gasteiger partial charge in [0.15, 0.2) is 5.65 Å². The van der Waals surface area contributed by atoms with Gasteiger partial charge in [-0.05, 0) is 23.8 Å². The molecule has 4 aromatic rings. The Labute approximate surface area is 168 Å². The lowest BCUT2D eigenvalue weighted by Crippen LogP contribution is -2.30. The molecule has 8 heteroatoms. The van der Waals surface area contributed by atoms with Crippen molar-refractivity contribution in [1.82, 2.24) is 24.3 Å². The number of nitrogens with one attached hydrogen (secondary N) is 1. The molecule has 1 amide bonds. The summed E-state index contributed by atoms with van der Waals surface area (Å²) in [7, 11) is 3.39. The normalized spacial score (nSPS) is 11.1. The van der Waals surface area contributed by atoms with Gasteiger partial charge in [-0.15, -0.1) is 0 Å². The monoisotopic (exact) mass is 390 g/mol. The summed E-state index contributed by atoms with van der Waals surface area (Å²) in [6.07, 6.45) is 6.95. The van der Waals surface area contributed by atoms with Crippen molar-refractivity contribution < 1.29 is 9.53 Å². The zero-order valence-electron chi connectivity index (χ0n) is 16.4. The van der Waals surface area contributed by atoms with Crippen LogP contribution in [0.25, 0.3) is 16.6 Å². The van der Waals surface area contributed by atoms with Crippen molar-refractivity contribution in [2.24, 2.45) is 0 Å². The van der Waals surface area contributed by atoms with E-state index in [1.807, 2.05) is 40.9 Å². The smallest absolute Gasteiger partial charge is 0.256 e. The summed E-state index contributed by atoms with van der Waals surface area (Å²) in [5, 5.41) is 4.05. The van der Waals surface area contributed by atoms with E-state index in [1.165, 1.54) is 6.33 Å². The lowest BCUT2D eigenvalue weighted by atomic mass is 10.1. The molecule has 4 aromatic heterocycles. The number of methoxy groups -OCH3 is 1. The third kappa shape index (κ3) is 3.62. The van der Waals surface area contributed by atoms with Crippen LogP contribution < -0.4 is 5.32 Å². The third-order valence-electron chi connectivity index (χ3n) is 4.80. The lowest BCUT2D eigenvalue weighted by molar-refractivity contribution is 0.0748. The topological polar surface area (TPSA) is 84.6 Å². The SMILES string of the molecule is COCCN(C)C(=O)c1c2c(NCc3cccnc3)ncnc2n2ccccc12. The Hall–Kier alpha value is -3.52. The number of amides is 1. The molecule has 0 radical (unpaired) electrons. The lowest BCUT2D eigenvalue weighted by Gasteiger charge is -2.17. The molecule has 0 aliphatic carbocycles. The van der Waals surface area contributed by atoms with E-state index in [9.17, 15) is 4.79 Å². The van der Waals surface area contributed by atoms with Crippen LogP contribution in [-0.2, 0) is 11.3 Å². The molecular formula is C21H22N6O2. The minimum atomic E-state index is -0.0972. The number of likely N-dealkylation sites (N-methyl/N-ethyl adjacent to an activating group) is 1. The standard InChI is InChI=1S/C21H22N6O2/c1-26(10-11-29-2)21(28)17-16-7-3-4-9-27(16)20-18(17)19(24-14-25-20)23-13-15-6-5-8-22-12-15/h3-9,12,14H,10-11,13H2,1-2H3,(H,23,24,25). The van der Waals surface area contributed by atoms with Crippen molar-refractivity contribution in [1.29, 1.82) is 0 Å². The number of pyridine rings is 2. The van der Waals surface area contributed by atoms with Crippen LogP contribution in [0.1, 0.15) is 15.9 Å². The van der Waals surface area contributed by atoms with Gasteiger partial charge in [-0.2, -0.15) is 0 Å². The number of fused-ring (bicyclic) bond motifs is 3. The van der Waals surface area contributed by atoms with Crippen LogP contribution in [0, 0.1) is 0 Å². The number of hydrogen-bond acceptors (Lipinski definition) is 6. The van der Waals surface area contributed by atoms with E-state index in [-0.39, 0.29) is 5.91 Å². The first kappa shape index (κ1) is 18.8. The Morgan fingerprint density at radius 2 is 2.14 bits per heavy atom. The molecule has 0 bridgehead atoms. The highest BCUT2D eigenvalue weighted by atomic mass is 16.5. The zero-order chi connectivity index (χ0) is 20.2. The fourth-order valence-corrected chi connectivity index (χ4v) is 3.31. The Morgan fingerprint density at radius 1 is 1.24 bits per heavy atom. The average molecular weight is 390 g/mol. The molecule has 1 N–H and O–H groups in total. The van der Waals surface area contributed by atoms with Crippen LogP contribution in [-0.4, -0.2) is 57.5 Å². The van der Waals surface area contributed by atoms with E-state index < -0.39 is 0 Å². The maximum Gasteiger partial charge on any atom is 0.256 e. The van der Waals surface area contributed by atoms with Crippen molar-refractivity contribution in [3.8, 4) is 0 Å².